The molecule has 0 radical (unpaired) electrons. The lowest BCUT2D eigenvalue weighted by molar-refractivity contribution is 0.0919. The number of amides is 1. The zero-order chi connectivity index (χ0) is 13.1. The van der Waals surface area contributed by atoms with Gasteiger partial charge in [0.15, 0.2) is 0 Å². The molecule has 17 heavy (non-hydrogen) atoms. The minimum Gasteiger partial charge on any atom is -0.345 e. The van der Waals surface area contributed by atoms with E-state index in [2.05, 4.69) is 37.2 Å². The van der Waals surface area contributed by atoms with Crippen LogP contribution in [0.1, 0.15) is 17.3 Å². The van der Waals surface area contributed by atoms with Crippen molar-refractivity contribution in [3.8, 4) is 0 Å². The van der Waals surface area contributed by atoms with Gasteiger partial charge in [0.1, 0.15) is 5.82 Å². The van der Waals surface area contributed by atoms with E-state index in [-0.39, 0.29) is 10.6 Å². The summed E-state index contributed by atoms with van der Waals surface area (Å²) in [7, 11) is 0. The van der Waals surface area contributed by atoms with Crippen molar-refractivity contribution >= 4 is 49.4 Å². The molecule has 94 valence electrons. The summed E-state index contributed by atoms with van der Waals surface area (Å²) in [5.41, 5.74) is -0.481. The molecule has 1 amide bonds. The number of halogens is 4. The van der Waals surface area contributed by atoms with Gasteiger partial charge in [-0.1, -0.05) is 43.5 Å². The van der Waals surface area contributed by atoms with Crippen LogP contribution in [0.15, 0.2) is 18.2 Å². The summed E-state index contributed by atoms with van der Waals surface area (Å²) in [5, 5.41) is 4.14. The fraction of sp³-hybridized carbons (Fsp3) is 0.364. The molecule has 6 heteroatoms. The molecule has 1 aromatic rings. The van der Waals surface area contributed by atoms with Gasteiger partial charge in [-0.2, -0.15) is 0 Å². The van der Waals surface area contributed by atoms with Gasteiger partial charge in [-0.15, -0.1) is 0 Å². The van der Waals surface area contributed by atoms with Gasteiger partial charge in [-0.25, -0.2) is 4.39 Å². The van der Waals surface area contributed by atoms with Crippen molar-refractivity contribution in [1.82, 2.24) is 5.32 Å². The van der Waals surface area contributed by atoms with Crippen molar-refractivity contribution < 1.29 is 9.18 Å². The average Bonchev–Trinajstić information content (AvgIpc) is 2.28. The largest absolute Gasteiger partial charge is 0.345 e. The van der Waals surface area contributed by atoms with Crippen LogP contribution < -0.4 is 5.32 Å². The highest BCUT2D eigenvalue weighted by Crippen LogP contribution is 2.17. The first kappa shape index (κ1) is 14.9. The van der Waals surface area contributed by atoms with Crippen LogP contribution in [0.4, 0.5) is 4.39 Å². The van der Waals surface area contributed by atoms with Gasteiger partial charge in [-0.05, 0) is 25.1 Å². The maximum atomic E-state index is 13.5. The molecule has 0 spiro atoms. The fourth-order valence-electron chi connectivity index (χ4n) is 1.12. The van der Waals surface area contributed by atoms with Crippen LogP contribution >= 0.6 is 43.5 Å². The lowest BCUT2D eigenvalue weighted by atomic mass is 10.1. The predicted octanol–water partition coefficient (Wildman–Crippen LogP) is 3.76. The summed E-state index contributed by atoms with van der Waals surface area (Å²) in [6.45, 7) is 1.85. The smallest absolute Gasteiger partial charge is 0.254 e. The first-order chi connectivity index (χ1) is 7.91. The SMILES string of the molecule is CC(CBr)(CBr)NC(=O)c1ccc(Cl)cc1F. The van der Waals surface area contributed by atoms with Crippen LogP contribution in [0.2, 0.25) is 5.02 Å². The molecule has 1 rings (SSSR count). The number of nitrogens with one attached hydrogen (secondary N) is 1. The molecular formula is C11H11Br2ClFNO. The quantitative estimate of drug-likeness (QED) is 0.784. The summed E-state index contributed by atoms with van der Waals surface area (Å²) in [4.78, 5) is 11.9. The average molecular weight is 387 g/mol. The minimum atomic E-state index is -0.624. The molecule has 0 unspecified atom stereocenters. The molecule has 0 atom stereocenters. The molecule has 0 heterocycles. The van der Waals surface area contributed by atoms with E-state index in [0.29, 0.717) is 10.7 Å². The molecule has 2 nitrogen and oxygen atoms in total. The van der Waals surface area contributed by atoms with E-state index in [4.69, 9.17) is 11.6 Å². The standard InChI is InChI=1S/C11H11Br2ClFNO/c1-11(5-12,6-13)16-10(17)8-3-2-7(14)4-9(8)15/h2-4H,5-6H2,1H3,(H,16,17). The van der Waals surface area contributed by atoms with Crippen LogP contribution in [0.5, 0.6) is 0 Å². The Morgan fingerprint density at radius 1 is 1.47 bits per heavy atom. The Bertz CT molecular complexity index is 424. The zero-order valence-electron chi connectivity index (χ0n) is 9.07. The highest BCUT2D eigenvalue weighted by atomic mass is 79.9. The highest BCUT2D eigenvalue weighted by Gasteiger charge is 2.25. The van der Waals surface area contributed by atoms with Crippen molar-refractivity contribution in [2.24, 2.45) is 0 Å². The third kappa shape index (κ3) is 3.93. The molecule has 0 aliphatic heterocycles. The molecule has 0 aliphatic rings. The second-order valence-corrected chi connectivity index (χ2v) is 5.46. The van der Waals surface area contributed by atoms with Gasteiger partial charge in [0.2, 0.25) is 0 Å². The molecule has 0 bridgehead atoms. The zero-order valence-corrected chi connectivity index (χ0v) is 13.0. The second-order valence-electron chi connectivity index (χ2n) is 3.91. The van der Waals surface area contributed by atoms with Crippen LogP contribution in [-0.2, 0) is 0 Å². The van der Waals surface area contributed by atoms with Gasteiger partial charge < -0.3 is 5.32 Å². The molecule has 0 aromatic heterocycles. The molecule has 0 fully saturated rings. The Morgan fingerprint density at radius 3 is 2.53 bits per heavy atom. The van der Waals surface area contributed by atoms with E-state index in [1.165, 1.54) is 12.1 Å². The molecular weight excluding hydrogens is 376 g/mol. The summed E-state index contributed by atoms with van der Waals surface area (Å²) in [6.07, 6.45) is 0. The Balaban J connectivity index is 2.90. The number of rotatable bonds is 4. The lowest BCUT2D eigenvalue weighted by Gasteiger charge is -2.26. The Hall–Kier alpha value is -0.130. The third-order valence-electron chi connectivity index (χ3n) is 2.18. The first-order valence-corrected chi connectivity index (χ1v) is 7.43. The molecule has 0 saturated carbocycles. The minimum absolute atomic E-state index is 0.0116. The number of carbonyl (C=O) groups excluding carboxylic acids is 1. The first-order valence-electron chi connectivity index (χ1n) is 4.81. The molecule has 0 aliphatic carbocycles. The van der Waals surface area contributed by atoms with E-state index in [0.717, 1.165) is 6.07 Å². The number of benzene rings is 1. The van der Waals surface area contributed by atoms with Crippen LogP contribution in [0.3, 0.4) is 0 Å². The topological polar surface area (TPSA) is 29.1 Å². The normalized spacial score (nSPS) is 11.4. The van der Waals surface area contributed by atoms with Crippen LogP contribution in [-0.4, -0.2) is 22.1 Å². The van der Waals surface area contributed by atoms with E-state index in [1.54, 1.807) is 0 Å². The summed E-state index contributed by atoms with van der Waals surface area (Å²) < 4.78 is 13.5. The number of hydrogen-bond donors (Lipinski definition) is 1. The number of carbonyl (C=O) groups is 1. The van der Waals surface area contributed by atoms with Gasteiger partial charge in [0.05, 0.1) is 11.1 Å². The maximum Gasteiger partial charge on any atom is 0.254 e. The predicted molar refractivity (Wildman–Crippen MR) is 74.9 cm³/mol. The van der Waals surface area contributed by atoms with E-state index >= 15 is 0 Å². The molecule has 1 aromatic carbocycles. The van der Waals surface area contributed by atoms with Crippen molar-refractivity contribution in [3.63, 3.8) is 0 Å². The summed E-state index contributed by atoms with van der Waals surface area (Å²) >= 11 is 12.2. The van der Waals surface area contributed by atoms with Crippen molar-refractivity contribution in [3.05, 3.63) is 34.6 Å². The van der Waals surface area contributed by atoms with Crippen molar-refractivity contribution in [1.29, 1.82) is 0 Å². The van der Waals surface area contributed by atoms with Crippen LogP contribution in [0.25, 0.3) is 0 Å². The Labute approximate surface area is 121 Å². The van der Waals surface area contributed by atoms with Gasteiger partial charge in [0, 0.05) is 15.7 Å². The summed E-state index contributed by atoms with van der Waals surface area (Å²) in [6, 6.07) is 3.98. The number of alkyl halides is 2. The fourth-order valence-corrected chi connectivity index (χ4v) is 2.49. The molecule has 0 saturated heterocycles. The van der Waals surface area contributed by atoms with Crippen molar-refractivity contribution in [2.45, 2.75) is 12.5 Å². The summed E-state index contributed by atoms with van der Waals surface area (Å²) in [5.74, 6) is -1.08. The van der Waals surface area contributed by atoms with Crippen molar-refractivity contribution in [2.75, 3.05) is 10.7 Å². The van der Waals surface area contributed by atoms with E-state index < -0.39 is 17.3 Å². The highest BCUT2D eigenvalue weighted by molar-refractivity contribution is 9.09. The third-order valence-corrected chi connectivity index (χ3v) is 4.89. The van der Waals surface area contributed by atoms with Crippen LogP contribution in [0, 0.1) is 5.82 Å². The van der Waals surface area contributed by atoms with Gasteiger partial charge in [0.25, 0.3) is 5.91 Å². The monoisotopic (exact) mass is 385 g/mol. The lowest BCUT2D eigenvalue weighted by Crippen LogP contribution is -2.49. The Morgan fingerprint density at radius 2 is 2.06 bits per heavy atom. The molecule has 1 N–H and O–H groups in total. The van der Waals surface area contributed by atoms with E-state index in [9.17, 15) is 9.18 Å². The van der Waals surface area contributed by atoms with Gasteiger partial charge in [-0.3, -0.25) is 4.79 Å². The number of hydrogen-bond acceptors (Lipinski definition) is 1. The Kier molecular flexibility index (Phi) is 5.41. The van der Waals surface area contributed by atoms with Gasteiger partial charge >= 0.3 is 0 Å². The second kappa shape index (κ2) is 6.16. The van der Waals surface area contributed by atoms with E-state index in [1.807, 2.05) is 6.92 Å². The maximum absolute atomic E-state index is 13.5.